The first-order chi connectivity index (χ1) is 7.24. The van der Waals surface area contributed by atoms with E-state index in [0.717, 1.165) is 6.42 Å². The summed E-state index contributed by atoms with van der Waals surface area (Å²) in [5, 5.41) is 0. The van der Waals surface area contributed by atoms with Crippen molar-refractivity contribution in [1.29, 1.82) is 0 Å². The van der Waals surface area contributed by atoms with Gasteiger partial charge in [-0.15, -0.1) is 0 Å². The van der Waals surface area contributed by atoms with E-state index in [1.54, 1.807) is 0 Å². The van der Waals surface area contributed by atoms with E-state index in [1.807, 2.05) is 0 Å². The van der Waals surface area contributed by atoms with Crippen LogP contribution in [0.5, 0.6) is 0 Å². The maximum absolute atomic E-state index is 3.40. The predicted molar refractivity (Wildman–Crippen MR) is 64.0 cm³/mol. The smallest absolute Gasteiger partial charge is 0.00194 e. The van der Waals surface area contributed by atoms with Crippen LogP contribution in [0.2, 0.25) is 0 Å². The molecular formula is C15H15. The summed E-state index contributed by atoms with van der Waals surface area (Å²) < 4.78 is 0. The van der Waals surface area contributed by atoms with E-state index >= 15 is 0 Å². The number of hydrogen-bond donors (Lipinski definition) is 0. The average molecular weight is 195 g/mol. The maximum atomic E-state index is 3.40. The van der Waals surface area contributed by atoms with E-state index in [9.17, 15) is 0 Å². The number of benzene rings is 2. The zero-order valence-corrected chi connectivity index (χ0v) is 9.25. The van der Waals surface area contributed by atoms with Crippen molar-refractivity contribution in [2.24, 2.45) is 0 Å². The molecule has 0 heterocycles. The summed E-state index contributed by atoms with van der Waals surface area (Å²) in [6, 6.07) is 18.3. The van der Waals surface area contributed by atoms with Crippen LogP contribution in [0.25, 0.3) is 0 Å². The van der Waals surface area contributed by atoms with Crippen molar-refractivity contribution in [3.05, 3.63) is 70.8 Å². The Bertz CT molecular complexity index is 421. The van der Waals surface area contributed by atoms with E-state index in [4.69, 9.17) is 0 Å². The summed E-state index contributed by atoms with van der Waals surface area (Å²) in [7, 11) is 0. The number of aryl methyl sites for hydroxylation is 2. The van der Waals surface area contributed by atoms with Crippen molar-refractivity contribution < 1.29 is 0 Å². The summed E-state index contributed by atoms with van der Waals surface area (Å²) in [6.07, 6.45) is 0.976. The van der Waals surface area contributed by atoms with E-state index in [2.05, 4.69) is 62.4 Å². The maximum Gasteiger partial charge on any atom is -0.00194 e. The van der Waals surface area contributed by atoms with Gasteiger partial charge in [0.1, 0.15) is 0 Å². The molecule has 0 aromatic heterocycles. The molecule has 2 aromatic carbocycles. The van der Waals surface area contributed by atoms with Crippen LogP contribution >= 0.6 is 0 Å². The predicted octanol–water partition coefficient (Wildman–Crippen LogP) is 3.69. The van der Waals surface area contributed by atoms with Gasteiger partial charge in [0.15, 0.2) is 0 Å². The normalized spacial score (nSPS) is 10.3. The second-order valence-corrected chi connectivity index (χ2v) is 4.03. The van der Waals surface area contributed by atoms with Gasteiger partial charge >= 0.3 is 0 Å². The van der Waals surface area contributed by atoms with Gasteiger partial charge in [0, 0.05) is 0 Å². The molecule has 0 spiro atoms. The van der Waals surface area contributed by atoms with Crippen molar-refractivity contribution in [3.63, 3.8) is 0 Å². The molecule has 2 aromatic rings. The van der Waals surface area contributed by atoms with Crippen LogP contribution in [0.3, 0.4) is 0 Å². The SMILES string of the molecule is Cc1[c]c(Cc2ccccc2)cc(C)c1. The summed E-state index contributed by atoms with van der Waals surface area (Å²) in [6.45, 7) is 4.23. The van der Waals surface area contributed by atoms with Crippen LogP contribution in [-0.2, 0) is 6.42 Å². The van der Waals surface area contributed by atoms with Crippen LogP contribution in [0.15, 0.2) is 42.5 Å². The van der Waals surface area contributed by atoms with Crippen molar-refractivity contribution >= 4 is 0 Å². The molecule has 0 amide bonds. The fraction of sp³-hybridized carbons (Fsp3) is 0.200. The molecule has 75 valence electrons. The van der Waals surface area contributed by atoms with Gasteiger partial charge < -0.3 is 0 Å². The van der Waals surface area contributed by atoms with E-state index in [0.29, 0.717) is 0 Å². The van der Waals surface area contributed by atoms with Crippen LogP contribution in [0.1, 0.15) is 22.3 Å². The minimum Gasteiger partial charge on any atom is -0.0622 e. The fourth-order valence-electron chi connectivity index (χ4n) is 1.89. The summed E-state index contributed by atoms with van der Waals surface area (Å²) >= 11 is 0. The second kappa shape index (κ2) is 4.31. The van der Waals surface area contributed by atoms with Gasteiger partial charge in [-0.2, -0.15) is 0 Å². The highest BCUT2D eigenvalue weighted by atomic mass is 14.0. The average Bonchev–Trinajstić information content (AvgIpc) is 2.17. The van der Waals surface area contributed by atoms with Crippen molar-refractivity contribution in [2.45, 2.75) is 20.3 Å². The van der Waals surface area contributed by atoms with E-state index in [-0.39, 0.29) is 0 Å². The molecule has 0 atom stereocenters. The first-order valence-electron chi connectivity index (χ1n) is 5.27. The molecule has 0 N–H and O–H groups in total. The van der Waals surface area contributed by atoms with Gasteiger partial charge in [-0.3, -0.25) is 0 Å². The molecule has 0 aliphatic heterocycles. The highest BCUT2D eigenvalue weighted by Gasteiger charge is 1.98. The first kappa shape index (κ1) is 9.97. The largest absolute Gasteiger partial charge is 0.0622 e. The molecule has 0 nitrogen and oxygen atoms in total. The fourth-order valence-corrected chi connectivity index (χ4v) is 1.89. The lowest BCUT2D eigenvalue weighted by Gasteiger charge is -2.04. The lowest BCUT2D eigenvalue weighted by atomic mass is 10.0. The van der Waals surface area contributed by atoms with Gasteiger partial charge in [-0.1, -0.05) is 48.0 Å². The Balaban J connectivity index is 2.25. The monoisotopic (exact) mass is 195 g/mol. The quantitative estimate of drug-likeness (QED) is 0.685. The Kier molecular flexibility index (Phi) is 2.86. The number of hydrogen-bond acceptors (Lipinski definition) is 0. The molecule has 0 fully saturated rings. The van der Waals surface area contributed by atoms with Crippen LogP contribution < -0.4 is 0 Å². The van der Waals surface area contributed by atoms with Crippen molar-refractivity contribution in [3.8, 4) is 0 Å². The van der Waals surface area contributed by atoms with Gasteiger partial charge in [-0.25, -0.2) is 0 Å². The molecule has 0 saturated heterocycles. The molecule has 0 unspecified atom stereocenters. The molecule has 0 saturated carbocycles. The molecule has 0 heteroatoms. The Labute approximate surface area is 91.6 Å². The molecular weight excluding hydrogens is 180 g/mol. The lowest BCUT2D eigenvalue weighted by molar-refractivity contribution is 1.16. The van der Waals surface area contributed by atoms with E-state index < -0.39 is 0 Å². The third kappa shape index (κ3) is 2.69. The third-order valence-corrected chi connectivity index (χ3v) is 2.44. The standard InChI is InChI=1S/C15H15/c1-12-8-13(2)10-15(9-12)11-14-6-4-3-5-7-14/h3-9H,11H2,1-2H3. The Morgan fingerprint density at radius 2 is 1.73 bits per heavy atom. The molecule has 0 aliphatic rings. The molecule has 2 rings (SSSR count). The molecule has 0 aliphatic carbocycles. The molecule has 0 bridgehead atoms. The third-order valence-electron chi connectivity index (χ3n) is 2.44. The van der Waals surface area contributed by atoms with Crippen LogP contribution in [-0.4, -0.2) is 0 Å². The zero-order valence-electron chi connectivity index (χ0n) is 9.25. The van der Waals surface area contributed by atoms with Gasteiger partial charge in [0.2, 0.25) is 0 Å². The van der Waals surface area contributed by atoms with E-state index in [1.165, 1.54) is 22.3 Å². The summed E-state index contributed by atoms with van der Waals surface area (Å²) in [5.74, 6) is 0. The minimum atomic E-state index is 0.976. The molecule has 15 heavy (non-hydrogen) atoms. The highest BCUT2D eigenvalue weighted by Crippen LogP contribution is 2.12. The minimum absolute atomic E-state index is 0.976. The lowest BCUT2D eigenvalue weighted by Crippen LogP contribution is -1.90. The first-order valence-corrected chi connectivity index (χ1v) is 5.27. The summed E-state index contributed by atoms with van der Waals surface area (Å²) in [5.41, 5.74) is 5.16. The van der Waals surface area contributed by atoms with Gasteiger partial charge in [0.05, 0.1) is 0 Å². The Morgan fingerprint density at radius 3 is 2.40 bits per heavy atom. The van der Waals surface area contributed by atoms with Crippen molar-refractivity contribution in [2.75, 3.05) is 0 Å². The van der Waals surface area contributed by atoms with Gasteiger partial charge in [0.25, 0.3) is 0 Å². The van der Waals surface area contributed by atoms with Crippen LogP contribution in [0, 0.1) is 19.9 Å². The number of rotatable bonds is 2. The van der Waals surface area contributed by atoms with Crippen LogP contribution in [0.4, 0.5) is 0 Å². The summed E-state index contributed by atoms with van der Waals surface area (Å²) in [4.78, 5) is 0. The van der Waals surface area contributed by atoms with Crippen molar-refractivity contribution in [1.82, 2.24) is 0 Å². The molecule has 1 radical (unpaired) electrons. The second-order valence-electron chi connectivity index (χ2n) is 4.03. The topological polar surface area (TPSA) is 0 Å². The van der Waals surface area contributed by atoms with Gasteiger partial charge in [-0.05, 0) is 43.0 Å². The zero-order chi connectivity index (χ0) is 10.7. The highest BCUT2D eigenvalue weighted by molar-refractivity contribution is 5.31. The Hall–Kier alpha value is -1.56. The Morgan fingerprint density at radius 1 is 1.00 bits per heavy atom.